The molecule has 1 atom stereocenters. The molecular weight excluding hydrogens is 296 g/mol. The molecule has 1 aromatic heterocycles. The maximum absolute atomic E-state index is 12.4. The molecule has 20 heavy (non-hydrogen) atoms. The lowest BCUT2D eigenvalue weighted by Crippen LogP contribution is -2.27. The molecule has 1 unspecified atom stereocenters. The average Bonchev–Trinajstić information content (AvgIpc) is 2.65. The van der Waals surface area contributed by atoms with Crippen LogP contribution in [0.15, 0.2) is 4.90 Å². The van der Waals surface area contributed by atoms with Crippen LogP contribution in [0.2, 0.25) is 0 Å². The lowest BCUT2D eigenvalue weighted by atomic mass is 10.3. The summed E-state index contributed by atoms with van der Waals surface area (Å²) in [5.41, 5.74) is 6.65. The lowest BCUT2D eigenvalue weighted by molar-refractivity contribution is 0.575. The van der Waals surface area contributed by atoms with Gasteiger partial charge in [-0.2, -0.15) is 16.9 Å². The highest BCUT2D eigenvalue weighted by Gasteiger charge is 2.24. The summed E-state index contributed by atoms with van der Waals surface area (Å²) < 4.78 is 29.0. The minimum Gasteiger partial charge on any atom is -0.329 e. The number of hydrogen-bond acceptors (Lipinski definition) is 5. The van der Waals surface area contributed by atoms with E-state index in [1.807, 2.05) is 6.26 Å². The number of sulfonamides is 1. The van der Waals surface area contributed by atoms with Gasteiger partial charge < -0.3 is 5.73 Å². The van der Waals surface area contributed by atoms with Gasteiger partial charge in [0.15, 0.2) is 0 Å². The minimum absolute atomic E-state index is 0.280. The van der Waals surface area contributed by atoms with E-state index in [-0.39, 0.29) is 4.90 Å². The quantitative estimate of drug-likeness (QED) is 0.742. The lowest BCUT2D eigenvalue weighted by Gasteiger charge is -2.10. The second-order valence-electron chi connectivity index (χ2n) is 4.74. The molecular formula is C12H24N4O2S2. The van der Waals surface area contributed by atoms with Crippen LogP contribution in [0.3, 0.4) is 0 Å². The van der Waals surface area contributed by atoms with Crippen molar-refractivity contribution in [2.75, 3.05) is 19.3 Å². The zero-order valence-electron chi connectivity index (χ0n) is 12.5. The summed E-state index contributed by atoms with van der Waals surface area (Å²) in [5, 5.41) is 4.67. The number of aryl methyl sites for hydroxylation is 1. The molecule has 0 aliphatic rings. The molecule has 1 aromatic rings. The molecule has 0 aliphatic carbocycles. The molecule has 6 nitrogen and oxygen atoms in total. The largest absolute Gasteiger partial charge is 0.329 e. The molecule has 0 spiro atoms. The SMILES string of the molecule is CSC(C)CCNS(=O)(=O)c1c(C)nn(CCN)c1C. The number of hydrogen-bond donors (Lipinski definition) is 2. The summed E-state index contributed by atoms with van der Waals surface area (Å²) in [4.78, 5) is 0.280. The number of nitrogens with zero attached hydrogens (tertiary/aromatic N) is 2. The highest BCUT2D eigenvalue weighted by atomic mass is 32.2. The molecule has 8 heteroatoms. The predicted molar refractivity (Wildman–Crippen MR) is 83.5 cm³/mol. The smallest absolute Gasteiger partial charge is 0.244 e. The molecule has 0 saturated carbocycles. The third-order valence-electron chi connectivity index (χ3n) is 3.17. The molecule has 3 N–H and O–H groups in total. The van der Waals surface area contributed by atoms with E-state index in [2.05, 4.69) is 16.7 Å². The first-order chi connectivity index (χ1) is 9.33. The van der Waals surface area contributed by atoms with E-state index in [1.54, 1.807) is 30.3 Å². The van der Waals surface area contributed by atoms with Crippen LogP contribution in [0.25, 0.3) is 0 Å². The summed E-state index contributed by atoms with van der Waals surface area (Å²) in [5.74, 6) is 0. The Bertz CT molecular complexity index is 540. The van der Waals surface area contributed by atoms with Gasteiger partial charge in [-0.25, -0.2) is 13.1 Å². The van der Waals surface area contributed by atoms with Crippen molar-refractivity contribution in [3.8, 4) is 0 Å². The van der Waals surface area contributed by atoms with Crippen LogP contribution in [0.1, 0.15) is 24.7 Å². The van der Waals surface area contributed by atoms with Gasteiger partial charge in [0, 0.05) is 18.3 Å². The van der Waals surface area contributed by atoms with E-state index in [4.69, 9.17) is 5.73 Å². The Labute approximate surface area is 125 Å². The van der Waals surface area contributed by atoms with Gasteiger partial charge in [0.1, 0.15) is 4.90 Å². The van der Waals surface area contributed by atoms with Gasteiger partial charge in [-0.1, -0.05) is 6.92 Å². The third kappa shape index (κ3) is 4.21. The number of aromatic nitrogens is 2. The zero-order valence-corrected chi connectivity index (χ0v) is 14.1. The standard InChI is InChI=1S/C12H24N4O2S2/c1-9(19-4)5-7-14-20(17,18)12-10(2)15-16(8-6-13)11(12)3/h9,14H,5-8,13H2,1-4H3. The first kappa shape index (κ1) is 17.5. The highest BCUT2D eigenvalue weighted by molar-refractivity contribution is 7.99. The molecule has 0 aromatic carbocycles. The van der Waals surface area contributed by atoms with Crippen LogP contribution >= 0.6 is 11.8 Å². The normalized spacial score (nSPS) is 13.7. The van der Waals surface area contributed by atoms with Gasteiger partial charge in [0.2, 0.25) is 10.0 Å². The van der Waals surface area contributed by atoms with Crippen molar-refractivity contribution in [2.24, 2.45) is 5.73 Å². The predicted octanol–water partition coefficient (Wildman–Crippen LogP) is 0.879. The Morgan fingerprint density at radius 3 is 2.65 bits per heavy atom. The second kappa shape index (κ2) is 7.44. The zero-order chi connectivity index (χ0) is 15.3. The average molecular weight is 320 g/mol. The fraction of sp³-hybridized carbons (Fsp3) is 0.750. The van der Waals surface area contributed by atoms with Crippen LogP contribution in [-0.4, -0.2) is 42.8 Å². The first-order valence-electron chi connectivity index (χ1n) is 6.60. The molecule has 0 fully saturated rings. The molecule has 0 saturated heterocycles. The Kier molecular flexibility index (Phi) is 6.50. The number of thioether (sulfide) groups is 1. The second-order valence-corrected chi connectivity index (χ2v) is 7.72. The number of rotatable bonds is 8. The van der Waals surface area contributed by atoms with Gasteiger partial charge in [0.25, 0.3) is 0 Å². The molecule has 0 radical (unpaired) electrons. The van der Waals surface area contributed by atoms with Crippen molar-refractivity contribution in [1.82, 2.24) is 14.5 Å². The van der Waals surface area contributed by atoms with Crippen LogP contribution < -0.4 is 10.5 Å². The maximum atomic E-state index is 12.4. The topological polar surface area (TPSA) is 90.0 Å². The van der Waals surface area contributed by atoms with Crippen molar-refractivity contribution in [2.45, 2.75) is 43.9 Å². The van der Waals surface area contributed by atoms with E-state index in [0.717, 1.165) is 6.42 Å². The van der Waals surface area contributed by atoms with Gasteiger partial charge in [0.05, 0.1) is 17.9 Å². The fourth-order valence-electron chi connectivity index (χ4n) is 2.00. The molecule has 0 amide bonds. The molecule has 1 heterocycles. The van der Waals surface area contributed by atoms with Gasteiger partial charge in [-0.15, -0.1) is 0 Å². The van der Waals surface area contributed by atoms with E-state index >= 15 is 0 Å². The Hall–Kier alpha value is -0.570. The molecule has 0 aliphatic heterocycles. The van der Waals surface area contributed by atoms with E-state index < -0.39 is 10.0 Å². The maximum Gasteiger partial charge on any atom is 0.244 e. The van der Waals surface area contributed by atoms with Gasteiger partial charge in [-0.05, 0) is 26.5 Å². The van der Waals surface area contributed by atoms with Crippen molar-refractivity contribution >= 4 is 21.8 Å². The first-order valence-corrected chi connectivity index (χ1v) is 9.37. The minimum atomic E-state index is -3.51. The summed E-state index contributed by atoms with van der Waals surface area (Å²) in [7, 11) is -3.51. The Balaban J connectivity index is 2.87. The van der Waals surface area contributed by atoms with E-state index in [1.165, 1.54) is 0 Å². The number of nitrogens with two attached hydrogens (primary N) is 1. The Morgan fingerprint density at radius 2 is 2.10 bits per heavy atom. The van der Waals surface area contributed by atoms with Crippen LogP contribution in [0.4, 0.5) is 0 Å². The third-order valence-corrected chi connectivity index (χ3v) is 5.92. The monoisotopic (exact) mass is 320 g/mol. The molecule has 1 rings (SSSR count). The van der Waals surface area contributed by atoms with Gasteiger partial charge >= 0.3 is 0 Å². The summed E-state index contributed by atoms with van der Waals surface area (Å²) >= 11 is 1.72. The van der Waals surface area contributed by atoms with Gasteiger partial charge in [-0.3, -0.25) is 4.68 Å². The van der Waals surface area contributed by atoms with Crippen molar-refractivity contribution < 1.29 is 8.42 Å². The highest BCUT2D eigenvalue weighted by Crippen LogP contribution is 2.19. The summed E-state index contributed by atoms with van der Waals surface area (Å²) in [6.07, 6.45) is 2.82. The summed E-state index contributed by atoms with van der Waals surface area (Å²) in [6.45, 7) is 6.93. The van der Waals surface area contributed by atoms with E-state index in [9.17, 15) is 8.42 Å². The number of nitrogens with one attached hydrogen (secondary N) is 1. The molecule has 116 valence electrons. The summed E-state index contributed by atoms with van der Waals surface area (Å²) in [6, 6.07) is 0. The fourth-order valence-corrected chi connectivity index (χ4v) is 3.80. The van der Waals surface area contributed by atoms with Crippen LogP contribution in [-0.2, 0) is 16.6 Å². The Morgan fingerprint density at radius 1 is 1.45 bits per heavy atom. The van der Waals surface area contributed by atoms with Crippen LogP contribution in [0, 0.1) is 13.8 Å². The van der Waals surface area contributed by atoms with Crippen molar-refractivity contribution in [1.29, 1.82) is 0 Å². The molecule has 0 bridgehead atoms. The van der Waals surface area contributed by atoms with Crippen LogP contribution in [0.5, 0.6) is 0 Å². The van der Waals surface area contributed by atoms with E-state index in [0.29, 0.717) is 36.3 Å². The van der Waals surface area contributed by atoms with Crippen molar-refractivity contribution in [3.05, 3.63) is 11.4 Å². The van der Waals surface area contributed by atoms with Crippen molar-refractivity contribution in [3.63, 3.8) is 0 Å².